The number of aryl methyl sites for hydroxylation is 1. The second-order valence-electron chi connectivity index (χ2n) is 6.04. The van der Waals surface area contributed by atoms with Crippen molar-refractivity contribution in [1.82, 2.24) is 0 Å². The summed E-state index contributed by atoms with van der Waals surface area (Å²) < 4.78 is 45.4. The van der Waals surface area contributed by atoms with Gasteiger partial charge in [-0.1, -0.05) is 69.6 Å². The van der Waals surface area contributed by atoms with Gasteiger partial charge in [-0.05, 0) is 30.9 Å². The maximum absolute atomic E-state index is 11.9. The van der Waals surface area contributed by atoms with E-state index >= 15 is 0 Å². The largest absolute Gasteiger partial charge is 1.00 e. The van der Waals surface area contributed by atoms with Crippen LogP contribution in [0.3, 0.4) is 0 Å². The van der Waals surface area contributed by atoms with Crippen molar-refractivity contribution in [3.8, 4) is 0 Å². The van der Waals surface area contributed by atoms with Crippen LogP contribution in [0.1, 0.15) is 69.8 Å². The van der Waals surface area contributed by atoms with Crippen molar-refractivity contribution in [3.63, 3.8) is 0 Å². The van der Waals surface area contributed by atoms with Gasteiger partial charge in [-0.3, -0.25) is 4.39 Å². The molecule has 0 aromatic heterocycles. The van der Waals surface area contributed by atoms with Gasteiger partial charge in [0.05, 0.1) is 11.6 Å². The fourth-order valence-corrected chi connectivity index (χ4v) is 3.51. The van der Waals surface area contributed by atoms with Crippen molar-refractivity contribution in [1.29, 1.82) is 0 Å². The zero-order valence-electron chi connectivity index (χ0n) is 14.8. The van der Waals surface area contributed by atoms with Crippen LogP contribution in [0.15, 0.2) is 29.2 Å². The minimum absolute atomic E-state index is 0. The van der Waals surface area contributed by atoms with Crippen molar-refractivity contribution >= 4 is 10.1 Å². The molecule has 1 rings (SSSR count). The Labute approximate surface area is 168 Å². The van der Waals surface area contributed by atoms with E-state index < -0.39 is 10.1 Å². The summed E-state index contributed by atoms with van der Waals surface area (Å²) in [6, 6.07) is 6.47. The first kappa shape index (κ1) is 24.1. The summed E-state index contributed by atoms with van der Waals surface area (Å²) in [7, 11) is -4.37. The van der Waals surface area contributed by atoms with Gasteiger partial charge in [-0.2, -0.15) is 0 Å². The van der Waals surface area contributed by atoms with E-state index in [1.54, 1.807) is 18.2 Å². The summed E-state index contributed by atoms with van der Waals surface area (Å²) in [6.45, 7) is -0.198. The topological polar surface area (TPSA) is 57.2 Å². The molecule has 0 heterocycles. The second kappa shape index (κ2) is 14.3. The molecule has 0 N–H and O–H groups in total. The predicted molar refractivity (Wildman–Crippen MR) is 90.3 cm³/mol. The molecule has 132 valence electrons. The minimum atomic E-state index is -4.37. The Balaban J connectivity index is 0.00000529. The smallest absolute Gasteiger partial charge is 0.744 e. The molecular formula is C18H28FNaO3S. The van der Waals surface area contributed by atoms with Crippen LogP contribution in [-0.2, 0) is 16.5 Å². The molecule has 24 heavy (non-hydrogen) atoms. The Morgan fingerprint density at radius 1 is 0.792 bits per heavy atom. The van der Waals surface area contributed by atoms with E-state index in [2.05, 4.69) is 0 Å². The molecule has 0 atom stereocenters. The first-order valence-electron chi connectivity index (χ1n) is 8.65. The SMILES string of the molecule is O=S(=O)([O-])c1ccccc1CCCCCCCCCCCCF.[Na+]. The zero-order valence-corrected chi connectivity index (χ0v) is 17.6. The number of benzene rings is 1. The molecule has 0 fully saturated rings. The molecule has 3 nitrogen and oxygen atoms in total. The molecule has 0 aliphatic heterocycles. The van der Waals surface area contributed by atoms with Crippen molar-refractivity contribution in [2.45, 2.75) is 75.5 Å². The Kier molecular flexibility index (Phi) is 14.3. The van der Waals surface area contributed by atoms with Gasteiger partial charge in [0.2, 0.25) is 0 Å². The molecule has 1 aromatic rings. The number of alkyl halides is 1. The van der Waals surface area contributed by atoms with Gasteiger partial charge >= 0.3 is 29.6 Å². The molecular weight excluding hydrogens is 338 g/mol. The maximum Gasteiger partial charge on any atom is 1.00 e. The molecule has 0 saturated heterocycles. The summed E-state index contributed by atoms with van der Waals surface area (Å²) in [5.74, 6) is 0. The number of hydrogen-bond donors (Lipinski definition) is 0. The van der Waals surface area contributed by atoms with Gasteiger partial charge < -0.3 is 4.55 Å². The monoisotopic (exact) mass is 366 g/mol. The van der Waals surface area contributed by atoms with Crippen molar-refractivity contribution in [2.75, 3.05) is 6.67 Å². The van der Waals surface area contributed by atoms with Crippen LogP contribution in [0.25, 0.3) is 0 Å². The first-order valence-corrected chi connectivity index (χ1v) is 10.1. The Morgan fingerprint density at radius 3 is 1.75 bits per heavy atom. The van der Waals surface area contributed by atoms with Gasteiger partial charge in [0.25, 0.3) is 0 Å². The summed E-state index contributed by atoms with van der Waals surface area (Å²) in [5.41, 5.74) is 0.635. The number of halogens is 1. The van der Waals surface area contributed by atoms with Gasteiger partial charge in [-0.15, -0.1) is 0 Å². The summed E-state index contributed by atoms with van der Waals surface area (Å²) in [5, 5.41) is 0. The van der Waals surface area contributed by atoms with E-state index in [4.69, 9.17) is 0 Å². The van der Waals surface area contributed by atoms with E-state index in [1.807, 2.05) is 0 Å². The molecule has 1 aromatic carbocycles. The number of rotatable bonds is 13. The van der Waals surface area contributed by atoms with Crippen LogP contribution in [-0.4, -0.2) is 19.6 Å². The van der Waals surface area contributed by atoms with E-state index in [9.17, 15) is 17.4 Å². The van der Waals surface area contributed by atoms with Crippen LogP contribution in [0.2, 0.25) is 0 Å². The predicted octanol–water partition coefficient (Wildman–Crippen LogP) is 2.01. The summed E-state index contributed by atoms with van der Waals surface area (Å²) in [6.07, 6.45) is 11.4. The maximum atomic E-state index is 11.9. The third-order valence-electron chi connectivity index (χ3n) is 4.07. The van der Waals surface area contributed by atoms with Gasteiger partial charge in [-0.25, -0.2) is 8.42 Å². The van der Waals surface area contributed by atoms with Gasteiger partial charge in [0.1, 0.15) is 10.1 Å². The fraction of sp³-hybridized carbons (Fsp3) is 0.667. The van der Waals surface area contributed by atoms with Crippen LogP contribution in [0, 0.1) is 0 Å². The first-order chi connectivity index (χ1) is 11.1. The molecule has 6 heteroatoms. The van der Waals surface area contributed by atoms with Crippen LogP contribution >= 0.6 is 0 Å². The molecule has 0 spiro atoms. The molecule has 0 aliphatic rings. The van der Waals surface area contributed by atoms with Crippen LogP contribution in [0.4, 0.5) is 4.39 Å². The summed E-state index contributed by atoms with van der Waals surface area (Å²) >= 11 is 0. The Hall–Kier alpha value is 0.0600. The van der Waals surface area contributed by atoms with Gasteiger partial charge in [0, 0.05) is 0 Å². The number of unbranched alkanes of at least 4 members (excludes halogenated alkanes) is 9. The molecule has 0 amide bonds. The van der Waals surface area contributed by atoms with Crippen molar-refractivity contribution in [2.24, 2.45) is 0 Å². The third-order valence-corrected chi connectivity index (χ3v) is 5.01. The van der Waals surface area contributed by atoms with Crippen LogP contribution < -0.4 is 29.6 Å². The molecule has 0 saturated carbocycles. The number of hydrogen-bond acceptors (Lipinski definition) is 3. The normalized spacial score (nSPS) is 11.2. The quantitative estimate of drug-likeness (QED) is 0.305. The molecule has 0 bridgehead atoms. The van der Waals surface area contributed by atoms with E-state index in [0.717, 1.165) is 32.1 Å². The fourth-order valence-electron chi connectivity index (χ4n) is 2.78. The van der Waals surface area contributed by atoms with Crippen LogP contribution in [0.5, 0.6) is 0 Å². The zero-order chi connectivity index (χ0) is 17.0. The van der Waals surface area contributed by atoms with Crippen molar-refractivity contribution < 1.29 is 46.9 Å². The molecule has 0 radical (unpaired) electrons. The molecule has 0 unspecified atom stereocenters. The Morgan fingerprint density at radius 2 is 1.25 bits per heavy atom. The molecule has 0 aliphatic carbocycles. The van der Waals surface area contributed by atoms with Gasteiger partial charge in [0.15, 0.2) is 0 Å². The van der Waals surface area contributed by atoms with E-state index in [0.29, 0.717) is 18.4 Å². The van der Waals surface area contributed by atoms with E-state index in [-0.39, 0.29) is 41.1 Å². The average molecular weight is 366 g/mol. The standard InChI is InChI=1S/C18H29FO3S.Na/c19-16-12-8-6-4-2-1-3-5-7-9-13-17-14-10-11-15-18(17)23(20,21)22;/h10-11,14-15H,1-9,12-13,16H2,(H,20,21,22);/q;+1/p-1. The second-order valence-corrected chi connectivity index (χ2v) is 7.38. The minimum Gasteiger partial charge on any atom is -0.744 e. The summed E-state index contributed by atoms with van der Waals surface area (Å²) in [4.78, 5) is -0.0757. The third kappa shape index (κ3) is 10.8. The average Bonchev–Trinajstić information content (AvgIpc) is 2.52. The Bertz CT molecular complexity index is 535. The van der Waals surface area contributed by atoms with E-state index in [1.165, 1.54) is 31.7 Å². The van der Waals surface area contributed by atoms with Crippen molar-refractivity contribution in [3.05, 3.63) is 29.8 Å².